The summed E-state index contributed by atoms with van der Waals surface area (Å²) in [6, 6.07) is 57.4. The second kappa shape index (κ2) is 10.9. The Morgan fingerprint density at radius 2 is 0.636 bits per heavy atom. The molecule has 8 rings (SSSR count). The molecule has 44 heavy (non-hydrogen) atoms. The van der Waals surface area contributed by atoms with Gasteiger partial charge in [0.1, 0.15) is 0 Å². The largest absolute Gasteiger partial charge is 0.143 e. The van der Waals surface area contributed by atoms with Crippen molar-refractivity contribution in [3.05, 3.63) is 163 Å². The van der Waals surface area contributed by atoms with E-state index in [4.69, 9.17) is 12.6 Å². The summed E-state index contributed by atoms with van der Waals surface area (Å²) in [4.78, 5) is 0.995. The Morgan fingerprint density at radius 3 is 1.11 bits per heavy atom. The minimum atomic E-state index is 0.995. The van der Waals surface area contributed by atoms with Crippen molar-refractivity contribution in [2.45, 2.75) is 11.8 Å². The molecular formula is C43H30S. The zero-order valence-corrected chi connectivity index (χ0v) is 25.4. The number of hydrogen-bond acceptors (Lipinski definition) is 1. The molecule has 0 unspecified atom stereocenters. The fraction of sp³-hybridized carbons (Fsp3) is 0.0233. The van der Waals surface area contributed by atoms with Gasteiger partial charge in [0.15, 0.2) is 0 Å². The van der Waals surface area contributed by atoms with Gasteiger partial charge in [-0.15, -0.1) is 12.6 Å². The lowest BCUT2D eigenvalue weighted by Gasteiger charge is -2.23. The maximum Gasteiger partial charge on any atom is 0.0119 e. The molecule has 0 aromatic heterocycles. The average molecular weight is 579 g/mol. The molecule has 0 amide bonds. The van der Waals surface area contributed by atoms with Gasteiger partial charge in [-0.3, -0.25) is 0 Å². The summed E-state index contributed by atoms with van der Waals surface area (Å²) in [5.74, 6) is 0. The van der Waals surface area contributed by atoms with Crippen LogP contribution in [0.5, 0.6) is 0 Å². The molecule has 1 heteroatoms. The third kappa shape index (κ3) is 4.49. The molecule has 0 aliphatic heterocycles. The summed E-state index contributed by atoms with van der Waals surface area (Å²) in [5, 5.41) is 0. The SMILES string of the molecule is Cc1ccc(-c2ccc(-c3ccc4c(c3)-c3ccccc3-c3ccccc3-c3ccccc3-4)cc2)cc1-c1ccccc1S. The van der Waals surface area contributed by atoms with Crippen LogP contribution in [0.15, 0.2) is 163 Å². The molecule has 208 valence electrons. The van der Waals surface area contributed by atoms with Crippen molar-refractivity contribution in [1.82, 2.24) is 0 Å². The Bertz CT molecular complexity index is 2180. The molecule has 1 aliphatic rings. The van der Waals surface area contributed by atoms with E-state index in [0.717, 1.165) is 10.5 Å². The molecule has 0 saturated carbocycles. The number of fused-ring (bicyclic) bond motifs is 8. The lowest BCUT2D eigenvalue weighted by molar-refractivity contribution is 1.40. The molecule has 0 N–H and O–H groups in total. The molecule has 0 atom stereocenters. The zero-order chi connectivity index (χ0) is 29.6. The van der Waals surface area contributed by atoms with Gasteiger partial charge in [-0.1, -0.05) is 140 Å². The fourth-order valence-electron chi connectivity index (χ4n) is 6.69. The normalized spacial score (nSPS) is 11.4. The van der Waals surface area contributed by atoms with Gasteiger partial charge < -0.3 is 0 Å². The predicted octanol–water partition coefficient (Wildman–Crippen LogP) is 12.3. The van der Waals surface area contributed by atoms with Crippen molar-refractivity contribution in [3.8, 4) is 77.9 Å². The van der Waals surface area contributed by atoms with Crippen LogP contribution in [-0.4, -0.2) is 0 Å². The van der Waals surface area contributed by atoms with Gasteiger partial charge >= 0.3 is 0 Å². The molecule has 0 saturated heterocycles. The van der Waals surface area contributed by atoms with Crippen LogP contribution in [0.3, 0.4) is 0 Å². The molecular weight excluding hydrogens is 549 g/mol. The zero-order valence-electron chi connectivity index (χ0n) is 24.5. The van der Waals surface area contributed by atoms with E-state index in [2.05, 4.69) is 159 Å². The Balaban J connectivity index is 1.23. The predicted molar refractivity (Wildman–Crippen MR) is 190 cm³/mol. The number of aryl methyl sites for hydroxylation is 1. The number of thiol groups is 1. The molecule has 0 nitrogen and oxygen atoms in total. The monoisotopic (exact) mass is 578 g/mol. The summed E-state index contributed by atoms with van der Waals surface area (Å²) >= 11 is 4.73. The van der Waals surface area contributed by atoms with E-state index in [1.807, 2.05) is 6.07 Å². The van der Waals surface area contributed by atoms with Crippen LogP contribution in [0.2, 0.25) is 0 Å². The van der Waals surface area contributed by atoms with Crippen LogP contribution in [0.4, 0.5) is 0 Å². The maximum absolute atomic E-state index is 4.73. The van der Waals surface area contributed by atoms with E-state index in [9.17, 15) is 0 Å². The highest BCUT2D eigenvalue weighted by Crippen LogP contribution is 2.48. The molecule has 0 bridgehead atoms. The quantitative estimate of drug-likeness (QED) is 0.198. The van der Waals surface area contributed by atoms with Crippen LogP contribution in [0.25, 0.3) is 77.9 Å². The highest BCUT2D eigenvalue weighted by Gasteiger charge is 2.21. The summed E-state index contributed by atoms with van der Waals surface area (Å²) in [5.41, 5.74) is 18.6. The van der Waals surface area contributed by atoms with Gasteiger partial charge in [0.25, 0.3) is 0 Å². The van der Waals surface area contributed by atoms with E-state index in [0.29, 0.717) is 0 Å². The number of hydrogen-bond donors (Lipinski definition) is 1. The first-order valence-electron chi connectivity index (χ1n) is 15.1. The van der Waals surface area contributed by atoms with Crippen LogP contribution < -0.4 is 0 Å². The van der Waals surface area contributed by atoms with E-state index in [1.54, 1.807) is 0 Å². The molecule has 0 radical (unpaired) electrons. The molecule has 0 fully saturated rings. The smallest absolute Gasteiger partial charge is 0.0119 e. The van der Waals surface area contributed by atoms with E-state index >= 15 is 0 Å². The first kappa shape index (κ1) is 26.5. The van der Waals surface area contributed by atoms with Crippen LogP contribution in [-0.2, 0) is 0 Å². The first-order valence-corrected chi connectivity index (χ1v) is 15.5. The van der Waals surface area contributed by atoms with Gasteiger partial charge in [0, 0.05) is 4.90 Å². The highest BCUT2D eigenvalue weighted by atomic mass is 32.1. The Kier molecular flexibility index (Phi) is 6.55. The molecule has 1 aliphatic carbocycles. The molecule has 7 aromatic carbocycles. The standard InChI is InChI=1S/C43H30S/c1-28-18-19-31(26-41(28)40-16-8-9-17-43(40)44)29-20-22-30(23-21-29)32-24-25-39-37-14-5-4-12-35(37)33-10-2-3-11-34(33)36-13-6-7-15-38(36)42(39)27-32/h2-27,44H,1H3. The Morgan fingerprint density at radius 1 is 0.295 bits per heavy atom. The van der Waals surface area contributed by atoms with Gasteiger partial charge in [0.2, 0.25) is 0 Å². The van der Waals surface area contributed by atoms with Crippen molar-refractivity contribution in [1.29, 1.82) is 0 Å². The van der Waals surface area contributed by atoms with Crippen LogP contribution in [0, 0.1) is 6.92 Å². The van der Waals surface area contributed by atoms with Crippen molar-refractivity contribution >= 4 is 12.6 Å². The second-order valence-electron chi connectivity index (χ2n) is 11.5. The average Bonchev–Trinajstić information content (AvgIpc) is 3.08. The highest BCUT2D eigenvalue weighted by molar-refractivity contribution is 7.80. The Hall–Kier alpha value is -5.11. The van der Waals surface area contributed by atoms with Crippen molar-refractivity contribution in [2.75, 3.05) is 0 Å². The molecule has 0 spiro atoms. The van der Waals surface area contributed by atoms with Crippen molar-refractivity contribution in [2.24, 2.45) is 0 Å². The lowest BCUT2D eigenvalue weighted by Crippen LogP contribution is -1.97. The van der Waals surface area contributed by atoms with Gasteiger partial charge in [-0.25, -0.2) is 0 Å². The van der Waals surface area contributed by atoms with Gasteiger partial charge in [-0.2, -0.15) is 0 Å². The van der Waals surface area contributed by atoms with Crippen LogP contribution in [0.1, 0.15) is 5.56 Å². The minimum Gasteiger partial charge on any atom is -0.143 e. The summed E-state index contributed by atoms with van der Waals surface area (Å²) in [7, 11) is 0. The topological polar surface area (TPSA) is 0 Å². The summed E-state index contributed by atoms with van der Waals surface area (Å²) in [6.45, 7) is 2.16. The molecule has 0 heterocycles. The van der Waals surface area contributed by atoms with E-state index in [-0.39, 0.29) is 0 Å². The first-order chi connectivity index (χ1) is 21.7. The summed E-state index contributed by atoms with van der Waals surface area (Å²) in [6.07, 6.45) is 0. The summed E-state index contributed by atoms with van der Waals surface area (Å²) < 4.78 is 0. The van der Waals surface area contributed by atoms with Gasteiger partial charge in [0.05, 0.1) is 0 Å². The lowest BCUT2D eigenvalue weighted by atomic mass is 9.80. The van der Waals surface area contributed by atoms with E-state index < -0.39 is 0 Å². The number of rotatable bonds is 3. The number of benzene rings is 7. The van der Waals surface area contributed by atoms with Crippen LogP contribution >= 0.6 is 12.6 Å². The minimum absolute atomic E-state index is 0.995. The van der Waals surface area contributed by atoms with Gasteiger partial charge in [-0.05, 0) is 109 Å². The third-order valence-electron chi connectivity index (χ3n) is 8.94. The van der Waals surface area contributed by atoms with Crippen molar-refractivity contribution < 1.29 is 0 Å². The van der Waals surface area contributed by atoms with E-state index in [1.165, 1.54) is 77.9 Å². The molecule has 7 aromatic rings. The third-order valence-corrected chi connectivity index (χ3v) is 9.33. The van der Waals surface area contributed by atoms with Crippen molar-refractivity contribution in [3.63, 3.8) is 0 Å². The Labute approximate surface area is 264 Å². The maximum atomic E-state index is 4.73. The second-order valence-corrected chi connectivity index (χ2v) is 12.0. The fourth-order valence-corrected chi connectivity index (χ4v) is 6.97.